The zero-order valence-electron chi connectivity index (χ0n) is 16.3. The van der Waals surface area contributed by atoms with E-state index in [-0.39, 0.29) is 11.1 Å². The fourth-order valence-corrected chi connectivity index (χ4v) is 3.51. The molecule has 5 rings (SSSR count). The molecule has 0 amide bonds. The SMILES string of the molecule is CN(Cc1nc2c(oc3ccccc32)c(=O)[nH]1)c1ccccc1Oc1ccccc1. The number of rotatable bonds is 5. The molecule has 5 aromatic rings. The monoisotopic (exact) mass is 397 g/mol. The van der Waals surface area contributed by atoms with E-state index in [1.54, 1.807) is 0 Å². The summed E-state index contributed by atoms with van der Waals surface area (Å²) in [7, 11) is 1.94. The van der Waals surface area contributed by atoms with E-state index in [1.165, 1.54) is 0 Å². The maximum Gasteiger partial charge on any atom is 0.294 e. The van der Waals surface area contributed by atoms with Gasteiger partial charge in [-0.05, 0) is 36.4 Å². The Balaban J connectivity index is 1.49. The average Bonchev–Trinajstić information content (AvgIpc) is 3.14. The number of benzene rings is 3. The van der Waals surface area contributed by atoms with Crippen molar-refractivity contribution < 1.29 is 9.15 Å². The number of fused-ring (bicyclic) bond motifs is 3. The molecule has 1 N–H and O–H groups in total. The van der Waals surface area contributed by atoms with Crippen LogP contribution in [0.2, 0.25) is 0 Å². The molecular formula is C24H19N3O3. The minimum atomic E-state index is -0.284. The second-order valence-corrected chi connectivity index (χ2v) is 7.03. The number of para-hydroxylation sites is 4. The van der Waals surface area contributed by atoms with Crippen LogP contribution < -0.4 is 15.2 Å². The molecular weight excluding hydrogens is 378 g/mol. The first-order chi connectivity index (χ1) is 14.7. The van der Waals surface area contributed by atoms with Crippen molar-refractivity contribution in [3.8, 4) is 11.5 Å². The van der Waals surface area contributed by atoms with E-state index < -0.39 is 0 Å². The lowest BCUT2D eigenvalue weighted by Gasteiger charge is -2.21. The fraction of sp³-hybridized carbons (Fsp3) is 0.0833. The number of anilines is 1. The second-order valence-electron chi connectivity index (χ2n) is 7.03. The van der Waals surface area contributed by atoms with E-state index in [4.69, 9.17) is 9.15 Å². The number of aromatic amines is 1. The zero-order chi connectivity index (χ0) is 20.5. The van der Waals surface area contributed by atoms with Gasteiger partial charge in [0.25, 0.3) is 5.56 Å². The number of hydrogen-bond donors (Lipinski definition) is 1. The molecule has 2 aromatic heterocycles. The minimum absolute atomic E-state index is 0.246. The molecule has 0 aliphatic carbocycles. The third-order valence-electron chi connectivity index (χ3n) is 4.91. The van der Waals surface area contributed by atoms with Gasteiger partial charge in [-0.25, -0.2) is 4.98 Å². The predicted molar refractivity (Wildman–Crippen MR) is 117 cm³/mol. The Labute approximate surface area is 172 Å². The predicted octanol–water partition coefficient (Wildman–Crippen LogP) is 5.10. The number of ether oxygens (including phenoxy) is 1. The first kappa shape index (κ1) is 18.0. The van der Waals surface area contributed by atoms with Gasteiger partial charge >= 0.3 is 0 Å². The number of aromatic nitrogens is 2. The first-order valence-corrected chi connectivity index (χ1v) is 9.62. The molecule has 3 aromatic carbocycles. The van der Waals surface area contributed by atoms with E-state index in [2.05, 4.69) is 9.97 Å². The molecule has 0 saturated carbocycles. The number of nitrogens with zero attached hydrogens (tertiary/aromatic N) is 2. The molecule has 0 saturated heterocycles. The zero-order valence-corrected chi connectivity index (χ0v) is 16.3. The Hall–Kier alpha value is -4.06. The van der Waals surface area contributed by atoms with Gasteiger partial charge in [0.2, 0.25) is 5.58 Å². The molecule has 0 aliphatic heterocycles. The molecule has 0 bridgehead atoms. The van der Waals surface area contributed by atoms with E-state index in [9.17, 15) is 4.79 Å². The van der Waals surface area contributed by atoms with Crippen LogP contribution in [-0.2, 0) is 6.54 Å². The highest BCUT2D eigenvalue weighted by atomic mass is 16.5. The molecule has 2 heterocycles. The van der Waals surface area contributed by atoms with Crippen molar-refractivity contribution in [3.05, 3.63) is 95.0 Å². The van der Waals surface area contributed by atoms with Gasteiger partial charge in [-0.15, -0.1) is 0 Å². The summed E-state index contributed by atoms with van der Waals surface area (Å²) >= 11 is 0. The average molecular weight is 397 g/mol. The summed E-state index contributed by atoms with van der Waals surface area (Å²) in [4.78, 5) is 22.1. The third-order valence-corrected chi connectivity index (χ3v) is 4.91. The maximum atomic E-state index is 12.6. The third kappa shape index (κ3) is 3.28. The van der Waals surface area contributed by atoms with E-state index in [0.29, 0.717) is 23.5 Å². The Morgan fingerprint density at radius 2 is 1.70 bits per heavy atom. The Morgan fingerprint density at radius 3 is 2.57 bits per heavy atom. The summed E-state index contributed by atoms with van der Waals surface area (Å²) in [5.74, 6) is 2.04. The van der Waals surface area contributed by atoms with Crippen molar-refractivity contribution in [2.75, 3.05) is 11.9 Å². The highest BCUT2D eigenvalue weighted by Crippen LogP contribution is 2.32. The lowest BCUT2D eigenvalue weighted by molar-refractivity contribution is 0.482. The summed E-state index contributed by atoms with van der Waals surface area (Å²) in [5.41, 5.74) is 2.08. The Morgan fingerprint density at radius 1 is 0.967 bits per heavy atom. The highest BCUT2D eigenvalue weighted by molar-refractivity contribution is 6.01. The maximum absolute atomic E-state index is 12.6. The van der Waals surface area contributed by atoms with E-state index >= 15 is 0 Å². The molecule has 0 spiro atoms. The summed E-state index contributed by atoms with van der Waals surface area (Å²) in [6, 6.07) is 24.9. The van der Waals surface area contributed by atoms with Gasteiger partial charge < -0.3 is 19.0 Å². The molecule has 6 heteroatoms. The topological polar surface area (TPSA) is 71.4 Å². The fourth-order valence-electron chi connectivity index (χ4n) is 3.51. The van der Waals surface area contributed by atoms with Gasteiger partial charge in [0.1, 0.15) is 22.7 Å². The van der Waals surface area contributed by atoms with Crippen molar-refractivity contribution in [1.29, 1.82) is 0 Å². The molecule has 0 unspecified atom stereocenters. The number of H-pyrrole nitrogens is 1. The Kier molecular flexibility index (Phi) is 4.44. The van der Waals surface area contributed by atoms with Crippen molar-refractivity contribution in [2.24, 2.45) is 0 Å². The van der Waals surface area contributed by atoms with Crippen molar-refractivity contribution in [3.63, 3.8) is 0 Å². The van der Waals surface area contributed by atoms with Gasteiger partial charge in [-0.3, -0.25) is 4.79 Å². The largest absolute Gasteiger partial charge is 0.455 e. The van der Waals surface area contributed by atoms with E-state index in [0.717, 1.165) is 22.6 Å². The minimum Gasteiger partial charge on any atom is -0.455 e. The van der Waals surface area contributed by atoms with Crippen molar-refractivity contribution in [2.45, 2.75) is 6.54 Å². The van der Waals surface area contributed by atoms with Crippen molar-refractivity contribution in [1.82, 2.24) is 9.97 Å². The molecule has 0 fully saturated rings. The van der Waals surface area contributed by atoms with Crippen LogP contribution in [0.5, 0.6) is 11.5 Å². The van der Waals surface area contributed by atoms with Gasteiger partial charge in [0, 0.05) is 12.4 Å². The summed E-state index contributed by atoms with van der Waals surface area (Å²) in [6.07, 6.45) is 0. The van der Waals surface area contributed by atoms with Crippen LogP contribution in [0, 0.1) is 0 Å². The number of hydrogen-bond acceptors (Lipinski definition) is 5. The van der Waals surface area contributed by atoms with Crippen LogP contribution in [0.25, 0.3) is 22.1 Å². The summed E-state index contributed by atoms with van der Waals surface area (Å²) < 4.78 is 11.7. The molecule has 0 aliphatic rings. The van der Waals surface area contributed by atoms with Crippen LogP contribution >= 0.6 is 0 Å². The standard InChI is InChI=1S/C24H19N3O3/c1-27(18-12-6-8-14-20(18)29-16-9-3-2-4-10-16)15-21-25-22-17-11-5-7-13-19(17)30-23(22)24(28)26-21/h2-14H,15H2,1H3,(H,25,26,28). The molecule has 30 heavy (non-hydrogen) atoms. The van der Waals surface area contributed by atoms with Crippen LogP contribution in [0.4, 0.5) is 5.69 Å². The smallest absolute Gasteiger partial charge is 0.294 e. The van der Waals surface area contributed by atoms with Crippen LogP contribution in [0.3, 0.4) is 0 Å². The number of nitrogens with one attached hydrogen (secondary N) is 1. The number of furan rings is 1. The van der Waals surface area contributed by atoms with Gasteiger partial charge in [0.05, 0.1) is 12.2 Å². The highest BCUT2D eigenvalue weighted by Gasteiger charge is 2.15. The van der Waals surface area contributed by atoms with Crippen LogP contribution in [0.1, 0.15) is 5.82 Å². The van der Waals surface area contributed by atoms with E-state index in [1.807, 2.05) is 90.8 Å². The Bertz CT molecular complexity index is 1390. The van der Waals surface area contributed by atoms with Crippen LogP contribution in [-0.4, -0.2) is 17.0 Å². The van der Waals surface area contributed by atoms with Gasteiger partial charge in [-0.1, -0.05) is 42.5 Å². The lowest BCUT2D eigenvalue weighted by atomic mass is 10.2. The van der Waals surface area contributed by atoms with Gasteiger partial charge in [-0.2, -0.15) is 0 Å². The van der Waals surface area contributed by atoms with Gasteiger partial charge in [0.15, 0.2) is 5.75 Å². The lowest BCUT2D eigenvalue weighted by Crippen LogP contribution is -2.21. The summed E-state index contributed by atoms with van der Waals surface area (Å²) in [5, 5.41) is 0.829. The summed E-state index contributed by atoms with van der Waals surface area (Å²) in [6.45, 7) is 0.403. The normalized spacial score (nSPS) is 11.1. The second kappa shape index (κ2) is 7.40. The molecule has 0 radical (unpaired) electrons. The van der Waals surface area contributed by atoms with Crippen LogP contribution in [0.15, 0.2) is 88.1 Å². The molecule has 6 nitrogen and oxygen atoms in total. The molecule has 0 atom stereocenters. The first-order valence-electron chi connectivity index (χ1n) is 9.62. The molecule has 148 valence electrons. The quantitative estimate of drug-likeness (QED) is 0.447. The van der Waals surface area contributed by atoms with Crippen molar-refractivity contribution >= 4 is 27.8 Å².